The van der Waals surface area contributed by atoms with Gasteiger partial charge in [-0.2, -0.15) is 0 Å². The minimum absolute atomic E-state index is 0.0282. The molecule has 2 saturated heterocycles. The quantitative estimate of drug-likeness (QED) is 0.525. The van der Waals surface area contributed by atoms with Crippen molar-refractivity contribution >= 4 is 40.1 Å². The van der Waals surface area contributed by atoms with Crippen molar-refractivity contribution in [3.8, 4) is 0 Å². The van der Waals surface area contributed by atoms with Gasteiger partial charge in [-0.1, -0.05) is 0 Å². The molecule has 2 fully saturated rings. The van der Waals surface area contributed by atoms with Crippen molar-refractivity contribution in [1.29, 1.82) is 0 Å². The third-order valence-corrected chi connectivity index (χ3v) is 5.32. The molecule has 2 aliphatic heterocycles. The molecule has 1 aromatic carbocycles. The number of rotatable bonds is 1. The van der Waals surface area contributed by atoms with Crippen LogP contribution in [0.4, 0.5) is 4.39 Å². The lowest BCUT2D eigenvalue weighted by atomic mass is 10.0. The Labute approximate surface area is 130 Å². The van der Waals surface area contributed by atoms with Crippen LogP contribution in [0.2, 0.25) is 0 Å². The number of piperidine rings is 1. The Hall–Kier alpha value is -0.360. The van der Waals surface area contributed by atoms with Crippen molar-refractivity contribution in [2.24, 2.45) is 0 Å². The maximum absolute atomic E-state index is 13.1. The fourth-order valence-electron chi connectivity index (χ4n) is 3.24. The lowest BCUT2D eigenvalue weighted by molar-refractivity contribution is 0.0598. The average Bonchev–Trinajstić information content (AvgIpc) is 2.61. The van der Waals surface area contributed by atoms with Crippen LogP contribution in [-0.4, -0.2) is 28.3 Å². The lowest BCUT2D eigenvalue weighted by Crippen LogP contribution is -2.47. The molecular weight excluding hydrogens is 380 g/mol. The lowest BCUT2D eigenvalue weighted by Gasteiger charge is -2.37. The topological polar surface area (TPSA) is 20.3 Å². The number of carbonyl (C=O) groups excluding carboxylic acids is 1. The highest BCUT2D eigenvalue weighted by molar-refractivity contribution is 14.1. The molecule has 0 saturated carbocycles. The van der Waals surface area contributed by atoms with Gasteiger partial charge in [-0.05, 0) is 66.5 Å². The Morgan fingerprint density at radius 2 is 1.95 bits per heavy atom. The normalized spacial score (nSPS) is 29.6. The number of benzene rings is 1. The molecule has 102 valence electrons. The largest absolute Gasteiger partial charge is 0.333 e. The third-order valence-electron chi connectivity index (χ3n) is 4.07. The molecule has 1 amide bonds. The summed E-state index contributed by atoms with van der Waals surface area (Å²) < 4.78 is 13.8. The third kappa shape index (κ3) is 2.49. The van der Waals surface area contributed by atoms with Crippen LogP contribution in [-0.2, 0) is 0 Å². The number of halogens is 3. The zero-order chi connectivity index (χ0) is 13.6. The van der Waals surface area contributed by atoms with E-state index in [4.69, 9.17) is 11.6 Å². The second-order valence-corrected chi connectivity index (χ2v) is 7.07. The molecule has 5 heteroatoms. The maximum atomic E-state index is 13.1. The molecule has 2 bridgehead atoms. The fraction of sp³-hybridized carbons (Fsp3) is 0.500. The second-order valence-electron chi connectivity index (χ2n) is 5.29. The van der Waals surface area contributed by atoms with E-state index in [0.29, 0.717) is 9.13 Å². The van der Waals surface area contributed by atoms with E-state index >= 15 is 0 Å². The maximum Gasteiger partial charge on any atom is 0.255 e. The molecule has 2 aliphatic rings. The summed E-state index contributed by atoms with van der Waals surface area (Å²) in [6.45, 7) is 0. The molecular formula is C14H14ClFINO. The summed E-state index contributed by atoms with van der Waals surface area (Å²) in [5.41, 5.74) is 0.604. The molecule has 3 rings (SSSR count). The molecule has 2 heterocycles. The SMILES string of the molecule is O=C(c1ccc(F)cc1I)N1C2CCC1CC(Cl)C2. The molecule has 2 unspecified atom stereocenters. The van der Waals surface area contributed by atoms with Gasteiger partial charge in [-0.15, -0.1) is 11.6 Å². The van der Waals surface area contributed by atoms with Crippen LogP contribution in [0.3, 0.4) is 0 Å². The van der Waals surface area contributed by atoms with Crippen LogP contribution in [0.25, 0.3) is 0 Å². The zero-order valence-corrected chi connectivity index (χ0v) is 13.2. The summed E-state index contributed by atoms with van der Waals surface area (Å²) in [6, 6.07) is 4.87. The Morgan fingerprint density at radius 3 is 2.53 bits per heavy atom. The predicted molar refractivity (Wildman–Crippen MR) is 81.0 cm³/mol. The number of alkyl halides is 1. The summed E-state index contributed by atoms with van der Waals surface area (Å²) in [5, 5.41) is 0.189. The molecule has 0 N–H and O–H groups in total. The van der Waals surface area contributed by atoms with Crippen molar-refractivity contribution in [3.63, 3.8) is 0 Å². The van der Waals surface area contributed by atoms with Gasteiger partial charge in [0.25, 0.3) is 5.91 Å². The fourth-order valence-corrected chi connectivity index (χ4v) is 4.36. The Morgan fingerprint density at radius 1 is 1.32 bits per heavy atom. The van der Waals surface area contributed by atoms with Crippen LogP contribution in [0, 0.1) is 9.39 Å². The summed E-state index contributed by atoms with van der Waals surface area (Å²) in [4.78, 5) is 14.6. The monoisotopic (exact) mass is 393 g/mol. The highest BCUT2D eigenvalue weighted by atomic mass is 127. The number of hydrogen-bond donors (Lipinski definition) is 0. The van der Waals surface area contributed by atoms with E-state index in [1.807, 2.05) is 27.5 Å². The van der Waals surface area contributed by atoms with Crippen molar-refractivity contribution in [2.75, 3.05) is 0 Å². The first-order valence-corrected chi connectivity index (χ1v) is 7.99. The number of fused-ring (bicyclic) bond motifs is 2. The Bertz CT molecular complexity index is 510. The molecule has 0 radical (unpaired) electrons. The highest BCUT2D eigenvalue weighted by Crippen LogP contribution is 2.39. The summed E-state index contributed by atoms with van der Waals surface area (Å²) in [6.07, 6.45) is 3.83. The van der Waals surface area contributed by atoms with Gasteiger partial charge in [0.2, 0.25) is 0 Å². The minimum atomic E-state index is -0.302. The first-order valence-electron chi connectivity index (χ1n) is 6.48. The van der Waals surface area contributed by atoms with Gasteiger partial charge >= 0.3 is 0 Å². The van der Waals surface area contributed by atoms with E-state index in [1.165, 1.54) is 12.1 Å². The first-order chi connectivity index (χ1) is 9.06. The average molecular weight is 394 g/mol. The number of carbonyl (C=O) groups is 1. The minimum Gasteiger partial charge on any atom is -0.333 e. The molecule has 19 heavy (non-hydrogen) atoms. The standard InChI is InChI=1S/C14H14ClFINO/c15-8-5-10-2-3-11(6-8)18(10)14(19)12-4-1-9(16)7-13(12)17/h1,4,7-8,10-11H,2-3,5-6H2. The van der Waals surface area contributed by atoms with Crippen molar-refractivity contribution in [2.45, 2.75) is 43.1 Å². The molecule has 0 spiro atoms. The summed E-state index contributed by atoms with van der Waals surface area (Å²) in [7, 11) is 0. The van der Waals surface area contributed by atoms with Crippen LogP contribution >= 0.6 is 34.2 Å². The van der Waals surface area contributed by atoms with Gasteiger partial charge in [0.1, 0.15) is 5.82 Å². The number of nitrogens with zero attached hydrogens (tertiary/aromatic N) is 1. The van der Waals surface area contributed by atoms with Gasteiger partial charge in [0.05, 0.1) is 5.56 Å². The van der Waals surface area contributed by atoms with Gasteiger partial charge in [0.15, 0.2) is 0 Å². The van der Waals surface area contributed by atoms with Crippen molar-refractivity contribution in [1.82, 2.24) is 4.90 Å². The van der Waals surface area contributed by atoms with Crippen LogP contribution in [0.1, 0.15) is 36.0 Å². The molecule has 1 aromatic rings. The van der Waals surface area contributed by atoms with E-state index in [-0.39, 0.29) is 29.2 Å². The first kappa shape index (κ1) is 13.6. The van der Waals surface area contributed by atoms with E-state index in [0.717, 1.165) is 25.7 Å². The van der Waals surface area contributed by atoms with Crippen LogP contribution in [0.15, 0.2) is 18.2 Å². The van der Waals surface area contributed by atoms with Gasteiger partial charge < -0.3 is 4.90 Å². The van der Waals surface area contributed by atoms with Crippen LogP contribution in [0.5, 0.6) is 0 Å². The van der Waals surface area contributed by atoms with Crippen LogP contribution < -0.4 is 0 Å². The van der Waals surface area contributed by atoms with E-state index in [2.05, 4.69) is 0 Å². The molecule has 2 atom stereocenters. The molecule has 2 nitrogen and oxygen atoms in total. The molecule has 0 aliphatic carbocycles. The summed E-state index contributed by atoms with van der Waals surface area (Å²) in [5.74, 6) is -0.274. The molecule has 0 aromatic heterocycles. The van der Waals surface area contributed by atoms with Gasteiger partial charge in [-0.3, -0.25) is 4.79 Å². The summed E-state index contributed by atoms with van der Waals surface area (Å²) >= 11 is 8.25. The number of amides is 1. The number of hydrogen-bond acceptors (Lipinski definition) is 1. The predicted octanol–water partition coefficient (Wildman–Crippen LogP) is 3.80. The smallest absolute Gasteiger partial charge is 0.255 e. The highest BCUT2D eigenvalue weighted by Gasteiger charge is 2.43. The Balaban J connectivity index is 1.88. The van der Waals surface area contributed by atoms with E-state index in [1.54, 1.807) is 6.07 Å². The van der Waals surface area contributed by atoms with Gasteiger partial charge in [-0.25, -0.2) is 4.39 Å². The van der Waals surface area contributed by atoms with Crippen molar-refractivity contribution in [3.05, 3.63) is 33.1 Å². The van der Waals surface area contributed by atoms with Gasteiger partial charge in [0, 0.05) is 21.0 Å². The Kier molecular flexibility index (Phi) is 3.73. The van der Waals surface area contributed by atoms with Crippen molar-refractivity contribution < 1.29 is 9.18 Å². The second kappa shape index (κ2) is 5.20. The zero-order valence-electron chi connectivity index (χ0n) is 10.3. The van der Waals surface area contributed by atoms with E-state index < -0.39 is 0 Å². The van der Waals surface area contributed by atoms with E-state index in [9.17, 15) is 9.18 Å².